The first-order chi connectivity index (χ1) is 8.85. The minimum Gasteiger partial charge on any atom is -0.432 e. The van der Waals surface area contributed by atoms with Gasteiger partial charge in [-0.3, -0.25) is 0 Å². The molecule has 1 aliphatic rings. The third-order valence-corrected chi connectivity index (χ3v) is 3.72. The molecular weight excluding hydrogens is 238 g/mol. The van der Waals surface area contributed by atoms with Crippen molar-refractivity contribution in [2.75, 3.05) is 11.4 Å². The molecule has 0 aliphatic carbocycles. The molecule has 0 radical (unpaired) electrons. The quantitative estimate of drug-likeness (QED) is 0.911. The first-order valence-corrected chi connectivity index (χ1v) is 7.31. The van der Waals surface area contributed by atoms with Gasteiger partial charge in [0.05, 0.1) is 5.69 Å². The molecule has 108 valence electrons. The Labute approximate surface area is 116 Å². The summed E-state index contributed by atoms with van der Waals surface area (Å²) in [5, 5.41) is 3.43. The van der Waals surface area contributed by atoms with Gasteiger partial charge in [-0.1, -0.05) is 6.92 Å². The lowest BCUT2D eigenvalue weighted by atomic mass is 9.94. The number of piperidine rings is 1. The fourth-order valence-electron chi connectivity index (χ4n) is 2.56. The summed E-state index contributed by atoms with van der Waals surface area (Å²) in [4.78, 5) is 6.90. The zero-order valence-electron chi connectivity index (χ0n) is 12.9. The zero-order chi connectivity index (χ0) is 14.0. The van der Waals surface area contributed by atoms with E-state index in [2.05, 4.69) is 49.8 Å². The van der Waals surface area contributed by atoms with E-state index in [0.717, 1.165) is 30.7 Å². The first kappa shape index (κ1) is 14.4. The second kappa shape index (κ2) is 5.53. The smallest absolute Gasteiger partial charge is 0.297 e. The van der Waals surface area contributed by atoms with Gasteiger partial charge >= 0.3 is 0 Å². The van der Waals surface area contributed by atoms with Gasteiger partial charge in [0.1, 0.15) is 6.26 Å². The van der Waals surface area contributed by atoms with Crippen LogP contribution in [0.4, 0.5) is 6.01 Å². The molecule has 2 atom stereocenters. The minimum absolute atomic E-state index is 0.104. The molecule has 0 bridgehead atoms. The normalized spacial score (nSPS) is 24.8. The Morgan fingerprint density at radius 3 is 2.79 bits per heavy atom. The third kappa shape index (κ3) is 3.96. The first-order valence-electron chi connectivity index (χ1n) is 7.31. The highest BCUT2D eigenvalue weighted by Crippen LogP contribution is 2.27. The average molecular weight is 265 g/mol. The highest BCUT2D eigenvalue weighted by atomic mass is 16.4. The number of aromatic nitrogens is 1. The van der Waals surface area contributed by atoms with Crippen LogP contribution in [0, 0.1) is 5.92 Å². The summed E-state index contributed by atoms with van der Waals surface area (Å²) >= 11 is 0. The second-order valence-electron chi connectivity index (χ2n) is 6.90. The number of rotatable bonds is 3. The lowest BCUT2D eigenvalue weighted by molar-refractivity contribution is 0.357. The SMILES string of the molecule is CC1CCN(c2nc(CNC(C)(C)C)co2)C(C)C1. The van der Waals surface area contributed by atoms with Crippen molar-refractivity contribution in [2.24, 2.45) is 5.92 Å². The Hall–Kier alpha value is -1.03. The molecule has 1 fully saturated rings. The summed E-state index contributed by atoms with van der Waals surface area (Å²) in [6, 6.07) is 1.30. The van der Waals surface area contributed by atoms with E-state index >= 15 is 0 Å². The molecule has 0 aromatic carbocycles. The van der Waals surface area contributed by atoms with Crippen molar-refractivity contribution >= 4 is 6.01 Å². The van der Waals surface area contributed by atoms with E-state index in [0.29, 0.717) is 6.04 Å². The maximum atomic E-state index is 5.65. The largest absolute Gasteiger partial charge is 0.432 e. The molecule has 0 saturated carbocycles. The summed E-state index contributed by atoms with van der Waals surface area (Å²) in [6.07, 6.45) is 4.22. The molecule has 2 unspecified atom stereocenters. The molecule has 2 rings (SSSR count). The Balaban J connectivity index is 1.97. The lowest BCUT2D eigenvalue weighted by Crippen LogP contribution is -2.40. The Bertz CT molecular complexity index is 408. The predicted octanol–water partition coefficient (Wildman–Crippen LogP) is 3.19. The number of oxazole rings is 1. The van der Waals surface area contributed by atoms with Gasteiger partial charge in [-0.05, 0) is 46.5 Å². The Kier molecular flexibility index (Phi) is 4.19. The number of anilines is 1. The van der Waals surface area contributed by atoms with Crippen molar-refractivity contribution in [3.05, 3.63) is 12.0 Å². The number of hydrogen-bond acceptors (Lipinski definition) is 4. The molecular formula is C15H27N3O. The number of nitrogens with one attached hydrogen (secondary N) is 1. The van der Waals surface area contributed by atoms with Crippen molar-refractivity contribution in [3.63, 3.8) is 0 Å². The Morgan fingerprint density at radius 2 is 2.16 bits per heavy atom. The topological polar surface area (TPSA) is 41.3 Å². The van der Waals surface area contributed by atoms with E-state index in [1.165, 1.54) is 12.8 Å². The van der Waals surface area contributed by atoms with Gasteiger partial charge in [0.2, 0.25) is 0 Å². The monoisotopic (exact) mass is 265 g/mol. The van der Waals surface area contributed by atoms with Crippen molar-refractivity contribution in [1.82, 2.24) is 10.3 Å². The maximum Gasteiger partial charge on any atom is 0.297 e. The van der Waals surface area contributed by atoms with Crippen LogP contribution in [0.2, 0.25) is 0 Å². The van der Waals surface area contributed by atoms with Crippen LogP contribution in [0.5, 0.6) is 0 Å². The van der Waals surface area contributed by atoms with E-state index in [-0.39, 0.29) is 5.54 Å². The highest BCUT2D eigenvalue weighted by Gasteiger charge is 2.26. The van der Waals surface area contributed by atoms with Gasteiger partial charge in [0.25, 0.3) is 6.01 Å². The predicted molar refractivity (Wildman–Crippen MR) is 78.3 cm³/mol. The summed E-state index contributed by atoms with van der Waals surface area (Å²) < 4.78 is 5.65. The van der Waals surface area contributed by atoms with Crippen molar-refractivity contribution in [3.8, 4) is 0 Å². The van der Waals surface area contributed by atoms with Gasteiger partial charge in [0.15, 0.2) is 0 Å². The van der Waals surface area contributed by atoms with Crippen LogP contribution < -0.4 is 10.2 Å². The van der Waals surface area contributed by atoms with E-state index in [9.17, 15) is 0 Å². The molecule has 1 saturated heterocycles. The molecule has 2 heterocycles. The number of hydrogen-bond donors (Lipinski definition) is 1. The molecule has 1 N–H and O–H groups in total. The van der Waals surface area contributed by atoms with Gasteiger partial charge in [0, 0.05) is 24.7 Å². The summed E-state index contributed by atoms with van der Waals surface area (Å²) in [6.45, 7) is 12.8. The molecule has 19 heavy (non-hydrogen) atoms. The third-order valence-electron chi connectivity index (χ3n) is 3.72. The standard InChI is InChI=1S/C15H27N3O/c1-11-6-7-18(12(2)8-11)14-17-13(10-19-14)9-16-15(3,4)5/h10-12,16H,6-9H2,1-5H3. The molecule has 1 aromatic rings. The van der Waals surface area contributed by atoms with Crippen LogP contribution in [0.3, 0.4) is 0 Å². The molecule has 1 aromatic heterocycles. The summed E-state index contributed by atoms with van der Waals surface area (Å²) in [7, 11) is 0. The summed E-state index contributed by atoms with van der Waals surface area (Å²) in [5.74, 6) is 0.809. The maximum absolute atomic E-state index is 5.65. The van der Waals surface area contributed by atoms with Crippen LogP contribution in [-0.4, -0.2) is 23.1 Å². The van der Waals surface area contributed by atoms with Crippen molar-refractivity contribution in [1.29, 1.82) is 0 Å². The highest BCUT2D eigenvalue weighted by molar-refractivity contribution is 5.29. The van der Waals surface area contributed by atoms with Crippen LogP contribution >= 0.6 is 0 Å². The van der Waals surface area contributed by atoms with E-state index < -0.39 is 0 Å². The molecule has 4 nitrogen and oxygen atoms in total. The van der Waals surface area contributed by atoms with Crippen LogP contribution in [0.25, 0.3) is 0 Å². The fourth-order valence-corrected chi connectivity index (χ4v) is 2.56. The second-order valence-corrected chi connectivity index (χ2v) is 6.90. The minimum atomic E-state index is 0.104. The molecule has 1 aliphatic heterocycles. The van der Waals surface area contributed by atoms with Gasteiger partial charge in [-0.25, -0.2) is 0 Å². The van der Waals surface area contributed by atoms with Crippen LogP contribution in [-0.2, 0) is 6.54 Å². The van der Waals surface area contributed by atoms with Crippen molar-refractivity contribution < 1.29 is 4.42 Å². The molecule has 4 heteroatoms. The lowest BCUT2D eigenvalue weighted by Gasteiger charge is -2.35. The van der Waals surface area contributed by atoms with E-state index in [1.807, 2.05) is 0 Å². The van der Waals surface area contributed by atoms with Gasteiger partial charge in [-0.2, -0.15) is 4.98 Å². The van der Waals surface area contributed by atoms with Gasteiger partial charge < -0.3 is 14.6 Å². The van der Waals surface area contributed by atoms with Crippen molar-refractivity contribution in [2.45, 2.75) is 65.6 Å². The van der Waals surface area contributed by atoms with Gasteiger partial charge in [-0.15, -0.1) is 0 Å². The fraction of sp³-hybridized carbons (Fsp3) is 0.800. The zero-order valence-corrected chi connectivity index (χ0v) is 12.9. The molecule has 0 spiro atoms. The van der Waals surface area contributed by atoms with Crippen LogP contribution in [0.1, 0.15) is 53.2 Å². The number of nitrogens with zero attached hydrogens (tertiary/aromatic N) is 2. The Morgan fingerprint density at radius 1 is 1.42 bits per heavy atom. The van der Waals surface area contributed by atoms with E-state index in [4.69, 9.17) is 4.42 Å². The average Bonchev–Trinajstić information content (AvgIpc) is 2.74. The molecule has 0 amide bonds. The summed E-state index contributed by atoms with van der Waals surface area (Å²) in [5.41, 5.74) is 1.09. The van der Waals surface area contributed by atoms with E-state index in [1.54, 1.807) is 6.26 Å². The van der Waals surface area contributed by atoms with Crippen LogP contribution in [0.15, 0.2) is 10.7 Å².